The molecule has 1 fully saturated rings. The summed E-state index contributed by atoms with van der Waals surface area (Å²) in [6.45, 7) is 3.92. The minimum atomic E-state index is 0.842. The van der Waals surface area contributed by atoms with Crippen molar-refractivity contribution in [2.24, 2.45) is 0 Å². The molecular weight excluding hydrogens is 218 g/mol. The third-order valence-corrected chi connectivity index (χ3v) is 2.86. The van der Waals surface area contributed by atoms with E-state index in [1.165, 1.54) is 5.56 Å². The summed E-state index contributed by atoms with van der Waals surface area (Å²) in [5, 5.41) is 1.90. The quantitative estimate of drug-likeness (QED) is 0.732. The molecule has 1 aliphatic heterocycles. The van der Waals surface area contributed by atoms with E-state index in [0.29, 0.717) is 0 Å². The highest BCUT2D eigenvalue weighted by atomic mass is 79.9. The van der Waals surface area contributed by atoms with Crippen molar-refractivity contribution in [1.82, 2.24) is 0 Å². The van der Waals surface area contributed by atoms with Crippen LogP contribution < -0.4 is 5.06 Å². The summed E-state index contributed by atoms with van der Waals surface area (Å²) in [6.07, 6.45) is 0. The van der Waals surface area contributed by atoms with E-state index in [0.717, 1.165) is 23.3 Å². The second-order valence-corrected chi connectivity index (χ2v) is 3.72. The van der Waals surface area contributed by atoms with Crippen LogP contribution in [0.4, 0.5) is 5.69 Å². The lowest BCUT2D eigenvalue weighted by Gasteiger charge is -2.32. The van der Waals surface area contributed by atoms with Gasteiger partial charge in [-0.3, -0.25) is 9.90 Å². The maximum absolute atomic E-state index is 5.23. The summed E-state index contributed by atoms with van der Waals surface area (Å²) in [4.78, 5) is 5.23. The molecule has 0 bridgehead atoms. The number of halogens is 1. The molecule has 1 aromatic rings. The van der Waals surface area contributed by atoms with E-state index in [9.17, 15) is 0 Å². The Morgan fingerprint density at radius 3 is 2.75 bits per heavy atom. The Labute approximate surface area is 80.2 Å². The number of benzene rings is 1. The molecule has 0 aromatic heterocycles. The lowest BCUT2D eigenvalue weighted by Crippen LogP contribution is -2.39. The SMILES string of the molecule is Cc1cc(N2CCO2)ccc1Br. The maximum Gasteiger partial charge on any atom is 0.0949 e. The Bertz CT molecular complexity index is 297. The Balaban J connectivity index is 2.27. The largest absolute Gasteiger partial charge is 0.271 e. The zero-order valence-corrected chi connectivity index (χ0v) is 8.47. The van der Waals surface area contributed by atoms with Crippen molar-refractivity contribution in [3.05, 3.63) is 28.2 Å². The van der Waals surface area contributed by atoms with Crippen LogP contribution in [-0.4, -0.2) is 13.2 Å². The molecule has 0 spiro atoms. The highest BCUT2D eigenvalue weighted by Gasteiger charge is 2.15. The number of hydrogen-bond acceptors (Lipinski definition) is 2. The summed E-state index contributed by atoms with van der Waals surface area (Å²) in [6, 6.07) is 6.21. The van der Waals surface area contributed by atoms with Gasteiger partial charge in [0.05, 0.1) is 18.8 Å². The van der Waals surface area contributed by atoms with Crippen LogP contribution in [0.2, 0.25) is 0 Å². The molecule has 1 heterocycles. The minimum absolute atomic E-state index is 0.842. The summed E-state index contributed by atoms with van der Waals surface area (Å²) in [5.41, 5.74) is 2.38. The monoisotopic (exact) mass is 227 g/mol. The van der Waals surface area contributed by atoms with Crippen LogP contribution in [0.25, 0.3) is 0 Å². The molecule has 0 N–H and O–H groups in total. The fourth-order valence-electron chi connectivity index (χ4n) is 1.17. The normalized spacial score (nSPS) is 16.0. The molecule has 64 valence electrons. The Morgan fingerprint density at radius 1 is 1.50 bits per heavy atom. The highest BCUT2D eigenvalue weighted by molar-refractivity contribution is 9.10. The molecule has 2 rings (SSSR count). The van der Waals surface area contributed by atoms with Crippen LogP contribution >= 0.6 is 15.9 Å². The molecule has 0 amide bonds. The van der Waals surface area contributed by atoms with E-state index in [4.69, 9.17) is 4.84 Å². The molecule has 3 heteroatoms. The Morgan fingerprint density at radius 2 is 2.25 bits per heavy atom. The number of rotatable bonds is 1. The number of hydroxylamine groups is 1. The van der Waals surface area contributed by atoms with Crippen LogP contribution in [0.3, 0.4) is 0 Å². The van der Waals surface area contributed by atoms with E-state index >= 15 is 0 Å². The zero-order valence-electron chi connectivity index (χ0n) is 6.88. The fourth-order valence-corrected chi connectivity index (χ4v) is 1.42. The molecule has 0 unspecified atom stereocenters. The van der Waals surface area contributed by atoms with Crippen molar-refractivity contribution >= 4 is 21.6 Å². The third-order valence-electron chi connectivity index (χ3n) is 1.97. The van der Waals surface area contributed by atoms with Crippen molar-refractivity contribution in [3.8, 4) is 0 Å². The van der Waals surface area contributed by atoms with Gasteiger partial charge in [0.25, 0.3) is 0 Å². The Hall–Kier alpha value is -0.540. The molecule has 1 saturated heterocycles. The van der Waals surface area contributed by atoms with Crippen LogP contribution in [0.1, 0.15) is 5.56 Å². The van der Waals surface area contributed by atoms with Crippen molar-refractivity contribution in [3.63, 3.8) is 0 Å². The third kappa shape index (κ3) is 1.34. The standard InChI is InChI=1S/C9H10BrNO/c1-7-6-8(2-3-9(7)10)11-4-5-12-11/h2-3,6H,4-5H2,1H3. The lowest BCUT2D eigenvalue weighted by molar-refractivity contribution is 0.0254. The van der Waals surface area contributed by atoms with Crippen molar-refractivity contribution < 1.29 is 4.84 Å². The first-order valence-corrected chi connectivity index (χ1v) is 4.73. The van der Waals surface area contributed by atoms with E-state index in [1.54, 1.807) is 0 Å². The molecule has 0 saturated carbocycles. The first-order chi connectivity index (χ1) is 5.77. The van der Waals surface area contributed by atoms with Gasteiger partial charge in [0.2, 0.25) is 0 Å². The van der Waals surface area contributed by atoms with Crippen molar-refractivity contribution in [2.75, 3.05) is 18.2 Å². The first kappa shape index (κ1) is 8.08. The molecule has 1 aromatic carbocycles. The van der Waals surface area contributed by atoms with Gasteiger partial charge < -0.3 is 0 Å². The van der Waals surface area contributed by atoms with E-state index in [2.05, 4.69) is 35.0 Å². The van der Waals surface area contributed by atoms with Crippen LogP contribution in [0.5, 0.6) is 0 Å². The van der Waals surface area contributed by atoms with Gasteiger partial charge in [-0.2, -0.15) is 0 Å². The zero-order chi connectivity index (χ0) is 8.55. The second kappa shape index (κ2) is 3.07. The molecule has 0 aliphatic carbocycles. The molecule has 2 nitrogen and oxygen atoms in total. The molecule has 12 heavy (non-hydrogen) atoms. The van der Waals surface area contributed by atoms with Crippen molar-refractivity contribution in [2.45, 2.75) is 6.92 Å². The number of nitrogens with zero attached hydrogens (tertiary/aromatic N) is 1. The predicted molar refractivity (Wildman–Crippen MR) is 52.2 cm³/mol. The van der Waals surface area contributed by atoms with E-state index in [1.807, 2.05) is 11.1 Å². The van der Waals surface area contributed by atoms with Gasteiger partial charge in [-0.1, -0.05) is 15.9 Å². The smallest absolute Gasteiger partial charge is 0.0949 e. The molecule has 0 atom stereocenters. The number of hydrogen-bond donors (Lipinski definition) is 0. The van der Waals surface area contributed by atoms with Crippen LogP contribution in [0.15, 0.2) is 22.7 Å². The molecule has 1 aliphatic rings. The summed E-state index contributed by atoms with van der Waals surface area (Å²) >= 11 is 3.46. The summed E-state index contributed by atoms with van der Waals surface area (Å²) in [5.74, 6) is 0. The van der Waals surface area contributed by atoms with Crippen molar-refractivity contribution in [1.29, 1.82) is 0 Å². The topological polar surface area (TPSA) is 12.5 Å². The Kier molecular flexibility index (Phi) is 2.07. The van der Waals surface area contributed by atoms with Gasteiger partial charge >= 0.3 is 0 Å². The average Bonchev–Trinajstić information content (AvgIpc) is 1.93. The van der Waals surface area contributed by atoms with E-state index in [-0.39, 0.29) is 0 Å². The van der Waals surface area contributed by atoms with Gasteiger partial charge in [0.1, 0.15) is 0 Å². The van der Waals surface area contributed by atoms with Gasteiger partial charge in [-0.15, -0.1) is 0 Å². The van der Waals surface area contributed by atoms with Gasteiger partial charge in [0, 0.05) is 4.47 Å². The first-order valence-electron chi connectivity index (χ1n) is 3.94. The maximum atomic E-state index is 5.23. The minimum Gasteiger partial charge on any atom is -0.271 e. The van der Waals surface area contributed by atoms with Gasteiger partial charge in [0.15, 0.2) is 0 Å². The van der Waals surface area contributed by atoms with Gasteiger partial charge in [-0.05, 0) is 30.7 Å². The summed E-state index contributed by atoms with van der Waals surface area (Å²) < 4.78 is 1.15. The number of anilines is 1. The van der Waals surface area contributed by atoms with E-state index < -0.39 is 0 Å². The van der Waals surface area contributed by atoms with Crippen LogP contribution in [-0.2, 0) is 4.84 Å². The fraction of sp³-hybridized carbons (Fsp3) is 0.333. The lowest BCUT2D eigenvalue weighted by atomic mass is 10.2. The highest BCUT2D eigenvalue weighted by Crippen LogP contribution is 2.24. The van der Waals surface area contributed by atoms with Gasteiger partial charge in [-0.25, -0.2) is 0 Å². The van der Waals surface area contributed by atoms with Crippen LogP contribution in [0, 0.1) is 6.92 Å². The number of aryl methyl sites for hydroxylation is 1. The molecular formula is C9H10BrNO. The predicted octanol–water partition coefficient (Wildman–Crippen LogP) is 2.51. The summed E-state index contributed by atoms with van der Waals surface area (Å²) in [7, 11) is 0. The second-order valence-electron chi connectivity index (χ2n) is 2.87. The average molecular weight is 228 g/mol. The molecule has 0 radical (unpaired) electrons.